The minimum atomic E-state index is -0.149. The first kappa shape index (κ1) is 18.1. The quantitative estimate of drug-likeness (QED) is 0.727. The lowest BCUT2D eigenvalue weighted by atomic mass is 10.0. The summed E-state index contributed by atoms with van der Waals surface area (Å²) in [4.78, 5) is 12.0. The molecule has 0 unspecified atom stereocenters. The van der Waals surface area contributed by atoms with Crippen molar-refractivity contribution < 1.29 is 9.53 Å². The molecule has 0 aliphatic heterocycles. The van der Waals surface area contributed by atoms with E-state index in [2.05, 4.69) is 38.2 Å². The first-order valence-corrected chi connectivity index (χ1v) is 8.70. The van der Waals surface area contributed by atoms with E-state index < -0.39 is 0 Å². The van der Waals surface area contributed by atoms with Crippen LogP contribution in [-0.4, -0.2) is 12.5 Å². The number of anilines is 1. The average molecular weight is 325 g/mol. The van der Waals surface area contributed by atoms with Crippen LogP contribution in [0, 0.1) is 0 Å². The summed E-state index contributed by atoms with van der Waals surface area (Å²) in [6.07, 6.45) is 3.46. The third-order valence-corrected chi connectivity index (χ3v) is 3.97. The third kappa shape index (κ3) is 5.73. The van der Waals surface area contributed by atoms with Crippen LogP contribution in [0.1, 0.15) is 50.7 Å². The van der Waals surface area contributed by atoms with Gasteiger partial charge in [-0.1, -0.05) is 51.5 Å². The van der Waals surface area contributed by atoms with Gasteiger partial charge in [0.1, 0.15) is 5.75 Å². The number of hydrogen-bond acceptors (Lipinski definition) is 2. The van der Waals surface area contributed by atoms with Crippen molar-refractivity contribution in [1.82, 2.24) is 0 Å². The molecule has 0 aliphatic carbocycles. The predicted molar refractivity (Wildman–Crippen MR) is 99.7 cm³/mol. The number of unbranched alkanes of at least 4 members (excludes halogenated alkanes) is 1. The summed E-state index contributed by atoms with van der Waals surface area (Å²) < 4.78 is 5.54. The monoisotopic (exact) mass is 325 g/mol. The van der Waals surface area contributed by atoms with Crippen molar-refractivity contribution in [2.75, 3.05) is 11.9 Å². The molecule has 3 heteroatoms. The first-order valence-electron chi connectivity index (χ1n) is 8.70. The molecule has 2 aromatic carbocycles. The molecule has 0 atom stereocenters. The second kappa shape index (κ2) is 9.11. The molecule has 2 aromatic rings. The Morgan fingerprint density at radius 3 is 2.29 bits per heavy atom. The van der Waals surface area contributed by atoms with Crippen molar-refractivity contribution >= 4 is 11.6 Å². The van der Waals surface area contributed by atoms with Crippen LogP contribution in [-0.2, 0) is 11.2 Å². The Hall–Kier alpha value is -2.29. The van der Waals surface area contributed by atoms with Gasteiger partial charge in [-0.15, -0.1) is 0 Å². The van der Waals surface area contributed by atoms with E-state index in [0.717, 1.165) is 12.1 Å². The largest absolute Gasteiger partial charge is 0.484 e. The Labute approximate surface area is 145 Å². The predicted octanol–water partition coefficient (Wildman–Crippen LogP) is 5.17. The summed E-state index contributed by atoms with van der Waals surface area (Å²) >= 11 is 0. The molecule has 1 amide bonds. The number of aryl methyl sites for hydroxylation is 1. The fourth-order valence-corrected chi connectivity index (χ4v) is 2.43. The zero-order valence-corrected chi connectivity index (χ0v) is 14.8. The molecule has 1 N–H and O–H groups in total. The molecule has 0 aromatic heterocycles. The van der Waals surface area contributed by atoms with E-state index in [1.165, 1.54) is 24.0 Å². The summed E-state index contributed by atoms with van der Waals surface area (Å²) in [5.41, 5.74) is 3.37. The topological polar surface area (TPSA) is 38.3 Å². The maximum atomic E-state index is 12.0. The van der Waals surface area contributed by atoms with Crippen LogP contribution in [0.3, 0.4) is 0 Å². The lowest BCUT2D eigenvalue weighted by molar-refractivity contribution is -0.118. The molecule has 0 aliphatic rings. The van der Waals surface area contributed by atoms with Gasteiger partial charge in [0, 0.05) is 5.69 Å². The van der Waals surface area contributed by atoms with Crippen molar-refractivity contribution in [3.63, 3.8) is 0 Å². The fraction of sp³-hybridized carbons (Fsp3) is 0.381. The molecule has 0 radical (unpaired) electrons. The highest BCUT2D eigenvalue weighted by Crippen LogP contribution is 2.18. The van der Waals surface area contributed by atoms with Crippen molar-refractivity contribution in [2.24, 2.45) is 0 Å². The number of ether oxygens (including phenoxy) is 1. The third-order valence-electron chi connectivity index (χ3n) is 3.97. The van der Waals surface area contributed by atoms with Crippen LogP contribution < -0.4 is 10.1 Å². The molecule has 0 bridgehead atoms. The van der Waals surface area contributed by atoms with E-state index in [1.807, 2.05) is 36.4 Å². The highest BCUT2D eigenvalue weighted by molar-refractivity contribution is 5.91. The van der Waals surface area contributed by atoms with Gasteiger partial charge in [0.25, 0.3) is 5.91 Å². The smallest absolute Gasteiger partial charge is 0.262 e. The standard InChI is InChI=1S/C21H27NO2/c1-4-5-6-17-7-11-19(12-8-17)22-21(23)15-24-20-13-9-18(10-14-20)16(2)3/h7-14,16H,4-6,15H2,1-3H3,(H,22,23). The van der Waals surface area contributed by atoms with E-state index in [0.29, 0.717) is 11.7 Å². The minimum Gasteiger partial charge on any atom is -0.484 e. The number of hydrogen-bond donors (Lipinski definition) is 1. The molecule has 24 heavy (non-hydrogen) atoms. The number of amides is 1. The van der Waals surface area contributed by atoms with Gasteiger partial charge in [-0.05, 0) is 54.2 Å². The summed E-state index contributed by atoms with van der Waals surface area (Å²) in [6, 6.07) is 15.9. The van der Waals surface area contributed by atoms with Crippen LogP contribution in [0.25, 0.3) is 0 Å². The van der Waals surface area contributed by atoms with E-state index in [4.69, 9.17) is 4.74 Å². The van der Waals surface area contributed by atoms with Gasteiger partial charge in [0.05, 0.1) is 0 Å². The number of benzene rings is 2. The Kier molecular flexibility index (Phi) is 6.86. The van der Waals surface area contributed by atoms with E-state index >= 15 is 0 Å². The molecule has 0 fully saturated rings. The van der Waals surface area contributed by atoms with Crippen LogP contribution in [0.15, 0.2) is 48.5 Å². The lowest BCUT2D eigenvalue weighted by Crippen LogP contribution is -2.20. The normalized spacial score (nSPS) is 10.7. The molecule has 0 saturated heterocycles. The first-order chi connectivity index (χ1) is 11.6. The Morgan fingerprint density at radius 1 is 1.04 bits per heavy atom. The lowest BCUT2D eigenvalue weighted by Gasteiger charge is -2.10. The van der Waals surface area contributed by atoms with Crippen LogP contribution >= 0.6 is 0 Å². The minimum absolute atomic E-state index is 0.0125. The van der Waals surface area contributed by atoms with E-state index in [-0.39, 0.29) is 12.5 Å². The molecule has 0 heterocycles. The van der Waals surface area contributed by atoms with Crippen LogP contribution in [0.2, 0.25) is 0 Å². The molecule has 2 rings (SSSR count). The van der Waals surface area contributed by atoms with Gasteiger partial charge in [-0.3, -0.25) is 4.79 Å². The Bertz CT molecular complexity index is 630. The van der Waals surface area contributed by atoms with Crippen molar-refractivity contribution in [3.05, 3.63) is 59.7 Å². The van der Waals surface area contributed by atoms with Crippen LogP contribution in [0.4, 0.5) is 5.69 Å². The van der Waals surface area contributed by atoms with Gasteiger partial charge in [-0.2, -0.15) is 0 Å². The molecule has 128 valence electrons. The molecule has 3 nitrogen and oxygen atoms in total. The number of nitrogens with one attached hydrogen (secondary N) is 1. The van der Waals surface area contributed by atoms with Gasteiger partial charge < -0.3 is 10.1 Å². The fourth-order valence-electron chi connectivity index (χ4n) is 2.43. The van der Waals surface area contributed by atoms with Crippen molar-refractivity contribution in [2.45, 2.75) is 46.0 Å². The zero-order valence-electron chi connectivity index (χ0n) is 14.8. The molecular weight excluding hydrogens is 298 g/mol. The van der Waals surface area contributed by atoms with E-state index in [9.17, 15) is 4.79 Å². The molecule has 0 spiro atoms. The highest BCUT2D eigenvalue weighted by Gasteiger charge is 2.05. The molecule has 0 saturated carbocycles. The second-order valence-electron chi connectivity index (χ2n) is 6.36. The zero-order chi connectivity index (χ0) is 17.4. The summed E-state index contributed by atoms with van der Waals surface area (Å²) in [5.74, 6) is 1.05. The number of carbonyl (C=O) groups excluding carboxylic acids is 1. The molecular formula is C21H27NO2. The summed E-state index contributed by atoms with van der Waals surface area (Å²) in [7, 11) is 0. The van der Waals surface area contributed by atoms with Gasteiger partial charge in [0.15, 0.2) is 6.61 Å². The number of carbonyl (C=O) groups is 1. The summed E-state index contributed by atoms with van der Waals surface area (Å²) in [6.45, 7) is 6.50. The van der Waals surface area contributed by atoms with Crippen molar-refractivity contribution in [3.8, 4) is 5.75 Å². The maximum Gasteiger partial charge on any atom is 0.262 e. The van der Waals surface area contributed by atoms with Gasteiger partial charge in [0.2, 0.25) is 0 Å². The van der Waals surface area contributed by atoms with Crippen LogP contribution in [0.5, 0.6) is 5.75 Å². The highest BCUT2D eigenvalue weighted by atomic mass is 16.5. The number of rotatable bonds is 8. The maximum absolute atomic E-state index is 12.0. The summed E-state index contributed by atoms with van der Waals surface area (Å²) in [5, 5.41) is 2.86. The Morgan fingerprint density at radius 2 is 1.71 bits per heavy atom. The van der Waals surface area contributed by atoms with E-state index in [1.54, 1.807) is 0 Å². The second-order valence-corrected chi connectivity index (χ2v) is 6.36. The van der Waals surface area contributed by atoms with Crippen molar-refractivity contribution in [1.29, 1.82) is 0 Å². The Balaban J connectivity index is 1.80. The average Bonchev–Trinajstić information content (AvgIpc) is 2.59. The van der Waals surface area contributed by atoms with Gasteiger partial charge >= 0.3 is 0 Å². The van der Waals surface area contributed by atoms with Gasteiger partial charge in [-0.25, -0.2) is 0 Å². The SMILES string of the molecule is CCCCc1ccc(NC(=O)COc2ccc(C(C)C)cc2)cc1.